The summed E-state index contributed by atoms with van der Waals surface area (Å²) in [5.74, 6) is 7.30. The molecule has 3 unspecified atom stereocenters. The van der Waals surface area contributed by atoms with E-state index in [4.69, 9.17) is 16.4 Å². The second kappa shape index (κ2) is 5.75. The first-order valence-electron chi connectivity index (χ1n) is 7.96. The van der Waals surface area contributed by atoms with E-state index in [0.29, 0.717) is 17.6 Å². The molecule has 122 valence electrons. The van der Waals surface area contributed by atoms with Gasteiger partial charge in [0.05, 0.1) is 0 Å². The van der Waals surface area contributed by atoms with Crippen LogP contribution in [0.3, 0.4) is 0 Å². The number of fused-ring (bicyclic) bond motifs is 1. The van der Waals surface area contributed by atoms with Gasteiger partial charge < -0.3 is 21.3 Å². The highest BCUT2D eigenvalue weighted by Crippen LogP contribution is 2.35. The van der Waals surface area contributed by atoms with Gasteiger partial charge in [-0.3, -0.25) is 4.90 Å². The number of rotatable bonds is 3. The van der Waals surface area contributed by atoms with E-state index in [1.165, 1.54) is 5.69 Å². The first-order valence-corrected chi connectivity index (χ1v) is 7.96. The number of amidine groups is 1. The number of nitrogens with zero attached hydrogens (tertiary/aromatic N) is 3. The van der Waals surface area contributed by atoms with Crippen molar-refractivity contribution >= 4 is 11.5 Å². The average molecular weight is 314 g/mol. The highest BCUT2D eigenvalue weighted by molar-refractivity contribution is 5.95. The van der Waals surface area contributed by atoms with Crippen molar-refractivity contribution in [2.45, 2.75) is 6.17 Å². The van der Waals surface area contributed by atoms with Crippen LogP contribution >= 0.6 is 0 Å². The number of hydroxylamine groups is 1. The van der Waals surface area contributed by atoms with Crippen LogP contribution in [0.25, 0.3) is 0 Å². The molecule has 4 rings (SSSR count). The number of likely N-dealkylation sites (tertiary alicyclic amines) is 1. The summed E-state index contributed by atoms with van der Waals surface area (Å²) >= 11 is 0. The van der Waals surface area contributed by atoms with Gasteiger partial charge in [-0.25, -0.2) is 0 Å². The fraction of sp³-hybridized carbons (Fsp3) is 0.438. The Morgan fingerprint density at radius 2 is 1.83 bits per heavy atom. The highest BCUT2D eigenvalue weighted by atomic mass is 16.7. The Bertz CT molecular complexity index is 617. The van der Waals surface area contributed by atoms with Crippen LogP contribution in [0.15, 0.2) is 47.3 Å². The summed E-state index contributed by atoms with van der Waals surface area (Å²) in [6.45, 7) is 4.33. The minimum atomic E-state index is 0.0427. The molecular formula is C16H22N6O. The van der Waals surface area contributed by atoms with Gasteiger partial charge in [0.2, 0.25) is 0 Å². The number of nitrogens with one attached hydrogen (secondary N) is 1. The number of hydrogen-bond acceptors (Lipinski definition) is 6. The molecule has 0 bridgehead atoms. The molecule has 0 aromatic heterocycles. The Hall–Kier alpha value is -2.25. The smallest absolute Gasteiger partial charge is 0.190 e. The van der Waals surface area contributed by atoms with E-state index in [2.05, 4.69) is 50.7 Å². The molecule has 3 atom stereocenters. The zero-order chi connectivity index (χ0) is 15.8. The van der Waals surface area contributed by atoms with Crippen LogP contribution in [0.4, 0.5) is 5.69 Å². The molecule has 2 saturated heterocycles. The molecule has 5 N–H and O–H groups in total. The molecule has 3 heterocycles. The van der Waals surface area contributed by atoms with Gasteiger partial charge >= 0.3 is 0 Å². The Morgan fingerprint density at radius 3 is 2.48 bits per heavy atom. The van der Waals surface area contributed by atoms with E-state index >= 15 is 0 Å². The van der Waals surface area contributed by atoms with Gasteiger partial charge in [0, 0.05) is 31.9 Å². The first kappa shape index (κ1) is 14.3. The third-order valence-corrected chi connectivity index (χ3v) is 5.02. The standard InChI is InChI=1S/C16H22N6O/c17-16(19-18)14-6-15(20-23-14)22-9-11-7-21(8-12(11)10-22)13-4-2-1-3-5-13/h1-6,11-12,15,20H,7-10,18H2,(H2,17,19). The van der Waals surface area contributed by atoms with E-state index in [9.17, 15) is 0 Å². The summed E-state index contributed by atoms with van der Waals surface area (Å²) < 4.78 is 0. The van der Waals surface area contributed by atoms with Crippen molar-refractivity contribution in [2.24, 2.45) is 28.5 Å². The lowest BCUT2D eigenvalue weighted by Crippen LogP contribution is -2.41. The molecule has 2 fully saturated rings. The number of benzene rings is 1. The second-order valence-corrected chi connectivity index (χ2v) is 6.42. The molecular weight excluding hydrogens is 292 g/mol. The molecule has 0 radical (unpaired) electrons. The third kappa shape index (κ3) is 2.62. The molecule has 7 heteroatoms. The fourth-order valence-electron chi connectivity index (χ4n) is 3.82. The van der Waals surface area contributed by atoms with Gasteiger partial charge in [-0.1, -0.05) is 18.2 Å². The van der Waals surface area contributed by atoms with Crippen LogP contribution in [-0.2, 0) is 4.84 Å². The van der Waals surface area contributed by atoms with Crippen LogP contribution in [0, 0.1) is 11.8 Å². The summed E-state index contributed by atoms with van der Waals surface area (Å²) in [4.78, 5) is 10.3. The summed E-state index contributed by atoms with van der Waals surface area (Å²) in [7, 11) is 0. The minimum Gasteiger partial charge on any atom is -0.403 e. The third-order valence-electron chi connectivity index (χ3n) is 5.02. The lowest BCUT2D eigenvalue weighted by molar-refractivity contribution is 0.0707. The van der Waals surface area contributed by atoms with Gasteiger partial charge in [0.1, 0.15) is 6.17 Å². The Balaban J connectivity index is 1.39. The second-order valence-electron chi connectivity index (χ2n) is 6.42. The number of anilines is 1. The van der Waals surface area contributed by atoms with Gasteiger partial charge in [-0.2, -0.15) is 5.10 Å². The summed E-state index contributed by atoms with van der Waals surface area (Å²) in [6.07, 6.45) is 1.99. The Kier molecular flexibility index (Phi) is 3.59. The predicted molar refractivity (Wildman–Crippen MR) is 89.1 cm³/mol. The number of hydrogen-bond donors (Lipinski definition) is 3. The molecule has 23 heavy (non-hydrogen) atoms. The zero-order valence-electron chi connectivity index (χ0n) is 12.9. The molecule has 0 saturated carbocycles. The van der Waals surface area contributed by atoms with Crippen molar-refractivity contribution in [3.05, 3.63) is 42.2 Å². The lowest BCUT2D eigenvalue weighted by Gasteiger charge is -2.25. The van der Waals surface area contributed by atoms with E-state index in [1.54, 1.807) is 0 Å². The number of hydrazone groups is 1. The average Bonchev–Trinajstić information content (AvgIpc) is 3.28. The van der Waals surface area contributed by atoms with Gasteiger partial charge in [-0.15, -0.1) is 5.48 Å². The zero-order valence-corrected chi connectivity index (χ0v) is 12.9. The largest absolute Gasteiger partial charge is 0.403 e. The molecule has 3 aliphatic heterocycles. The van der Waals surface area contributed by atoms with Crippen molar-refractivity contribution < 1.29 is 4.84 Å². The molecule has 0 amide bonds. The van der Waals surface area contributed by atoms with E-state index < -0.39 is 0 Å². The van der Waals surface area contributed by atoms with Crippen molar-refractivity contribution in [3.63, 3.8) is 0 Å². The molecule has 0 aliphatic carbocycles. The molecule has 0 spiro atoms. The summed E-state index contributed by atoms with van der Waals surface area (Å²) in [5, 5.41) is 3.47. The van der Waals surface area contributed by atoms with Crippen LogP contribution in [0.1, 0.15) is 0 Å². The lowest BCUT2D eigenvalue weighted by atomic mass is 10.0. The summed E-state index contributed by atoms with van der Waals surface area (Å²) in [6, 6.07) is 10.6. The monoisotopic (exact) mass is 314 g/mol. The maximum absolute atomic E-state index is 5.68. The maximum Gasteiger partial charge on any atom is 0.190 e. The molecule has 7 nitrogen and oxygen atoms in total. The maximum atomic E-state index is 5.68. The van der Waals surface area contributed by atoms with E-state index in [-0.39, 0.29) is 12.0 Å². The molecule has 1 aromatic carbocycles. The molecule has 3 aliphatic rings. The van der Waals surface area contributed by atoms with Crippen molar-refractivity contribution in [1.29, 1.82) is 0 Å². The van der Waals surface area contributed by atoms with Crippen LogP contribution in [0.5, 0.6) is 0 Å². The normalized spacial score (nSPS) is 31.1. The van der Waals surface area contributed by atoms with Crippen molar-refractivity contribution in [3.8, 4) is 0 Å². The fourth-order valence-corrected chi connectivity index (χ4v) is 3.82. The van der Waals surface area contributed by atoms with Crippen LogP contribution in [0.2, 0.25) is 0 Å². The van der Waals surface area contributed by atoms with Crippen molar-refractivity contribution in [1.82, 2.24) is 10.4 Å². The van der Waals surface area contributed by atoms with E-state index in [0.717, 1.165) is 26.2 Å². The number of nitrogens with two attached hydrogens (primary N) is 2. The van der Waals surface area contributed by atoms with Gasteiger partial charge in [-0.05, 0) is 30.0 Å². The van der Waals surface area contributed by atoms with Crippen LogP contribution in [-0.4, -0.2) is 43.1 Å². The summed E-state index contributed by atoms with van der Waals surface area (Å²) in [5.41, 5.74) is 10.0. The SMILES string of the molecule is NN=C(N)C1=CC(N2CC3CN(c4ccccc4)CC3C2)NO1. The number of para-hydroxylation sites is 1. The quantitative estimate of drug-likeness (QED) is 0.315. The minimum absolute atomic E-state index is 0.0427. The van der Waals surface area contributed by atoms with Crippen LogP contribution < -0.4 is 22.0 Å². The van der Waals surface area contributed by atoms with E-state index in [1.807, 2.05) is 6.08 Å². The first-order chi connectivity index (χ1) is 11.2. The predicted octanol–water partition coefficient (Wildman–Crippen LogP) is 0.0303. The Morgan fingerprint density at radius 1 is 1.13 bits per heavy atom. The Labute approximate surface area is 135 Å². The van der Waals surface area contributed by atoms with Gasteiger partial charge in [0.25, 0.3) is 0 Å². The highest BCUT2D eigenvalue weighted by Gasteiger charge is 2.42. The topological polar surface area (TPSA) is 92.1 Å². The van der Waals surface area contributed by atoms with Gasteiger partial charge in [0.15, 0.2) is 11.6 Å². The van der Waals surface area contributed by atoms with Crippen molar-refractivity contribution in [2.75, 3.05) is 31.1 Å². The molecule has 1 aromatic rings.